The molecule has 0 saturated heterocycles. The number of thiazole rings is 1. The van der Waals surface area contributed by atoms with Crippen LogP contribution in [0.3, 0.4) is 0 Å². The Kier molecular flexibility index (Phi) is 4.76. The molecule has 1 amide bonds. The van der Waals surface area contributed by atoms with E-state index in [1.807, 2.05) is 35.7 Å². The molecule has 0 aliphatic heterocycles. The van der Waals surface area contributed by atoms with E-state index in [2.05, 4.69) is 25.8 Å². The third-order valence-electron chi connectivity index (χ3n) is 2.68. The van der Waals surface area contributed by atoms with Crippen molar-refractivity contribution in [3.63, 3.8) is 0 Å². The fourth-order valence-electron chi connectivity index (χ4n) is 1.74. The van der Waals surface area contributed by atoms with Crippen molar-refractivity contribution in [2.24, 2.45) is 0 Å². The molecule has 0 atom stereocenters. The van der Waals surface area contributed by atoms with Crippen molar-refractivity contribution in [2.45, 2.75) is 5.75 Å². The average molecular weight is 332 g/mol. The topological polar surface area (TPSA) is 85.6 Å². The number of carbonyl (C=O) groups excluding carboxylic acids is 1. The molecule has 3 rings (SSSR count). The standard InChI is InChI=1S/C13H12N6OS2/c20-12(15-13-14-6-7-22-13)9-21-8-11-16-17-18-19(11)10-4-2-1-3-5-10/h1-7H,8-9H2,(H,14,15,20). The van der Waals surface area contributed by atoms with E-state index in [1.54, 1.807) is 10.9 Å². The molecule has 22 heavy (non-hydrogen) atoms. The second kappa shape index (κ2) is 7.14. The van der Waals surface area contributed by atoms with Gasteiger partial charge in [-0.1, -0.05) is 18.2 Å². The molecule has 7 nitrogen and oxygen atoms in total. The van der Waals surface area contributed by atoms with Crippen molar-refractivity contribution in [3.05, 3.63) is 47.7 Å². The van der Waals surface area contributed by atoms with Gasteiger partial charge in [0.25, 0.3) is 0 Å². The van der Waals surface area contributed by atoms with E-state index in [4.69, 9.17) is 0 Å². The first-order valence-electron chi connectivity index (χ1n) is 6.43. The minimum Gasteiger partial charge on any atom is -0.301 e. The number of hydrogen-bond donors (Lipinski definition) is 1. The summed E-state index contributed by atoms with van der Waals surface area (Å²) in [5.74, 6) is 1.49. The number of hydrogen-bond acceptors (Lipinski definition) is 7. The Morgan fingerprint density at radius 3 is 2.95 bits per heavy atom. The van der Waals surface area contributed by atoms with Crippen LogP contribution in [-0.2, 0) is 10.5 Å². The minimum absolute atomic E-state index is 0.0846. The largest absolute Gasteiger partial charge is 0.301 e. The SMILES string of the molecule is O=C(CSCc1nnnn1-c1ccccc1)Nc1nccs1. The second-order valence-corrected chi connectivity index (χ2v) is 6.10. The molecule has 0 aliphatic rings. The van der Waals surface area contributed by atoms with Gasteiger partial charge in [0.05, 0.1) is 17.2 Å². The lowest BCUT2D eigenvalue weighted by Gasteiger charge is -2.04. The fraction of sp³-hybridized carbons (Fsp3) is 0.154. The fourth-order valence-corrected chi connectivity index (χ4v) is 3.01. The molecule has 112 valence electrons. The molecule has 0 spiro atoms. The van der Waals surface area contributed by atoms with E-state index in [1.165, 1.54) is 23.1 Å². The summed E-state index contributed by atoms with van der Waals surface area (Å²) in [6, 6.07) is 9.65. The summed E-state index contributed by atoms with van der Waals surface area (Å²) in [5, 5.41) is 16.8. The lowest BCUT2D eigenvalue weighted by atomic mass is 10.3. The van der Waals surface area contributed by atoms with Crippen LogP contribution in [0.4, 0.5) is 5.13 Å². The first kappa shape index (κ1) is 14.7. The van der Waals surface area contributed by atoms with Crippen LogP contribution in [0.2, 0.25) is 0 Å². The summed E-state index contributed by atoms with van der Waals surface area (Å²) >= 11 is 2.84. The molecule has 2 heterocycles. The molecule has 0 bridgehead atoms. The number of thioether (sulfide) groups is 1. The number of nitrogens with one attached hydrogen (secondary N) is 1. The summed E-state index contributed by atoms with van der Waals surface area (Å²) < 4.78 is 1.67. The number of anilines is 1. The van der Waals surface area contributed by atoms with Gasteiger partial charge in [0.1, 0.15) is 0 Å². The molecule has 1 aromatic carbocycles. The Morgan fingerprint density at radius 2 is 2.18 bits per heavy atom. The zero-order valence-corrected chi connectivity index (χ0v) is 13.0. The summed E-state index contributed by atoms with van der Waals surface area (Å²) in [5.41, 5.74) is 0.898. The molecule has 0 saturated carbocycles. The van der Waals surface area contributed by atoms with Crippen molar-refractivity contribution < 1.29 is 4.79 Å². The van der Waals surface area contributed by atoms with Crippen LogP contribution in [0.25, 0.3) is 5.69 Å². The predicted octanol–water partition coefficient (Wildman–Crippen LogP) is 1.99. The summed E-state index contributed by atoms with van der Waals surface area (Å²) in [4.78, 5) is 15.8. The molecule has 0 fully saturated rings. The average Bonchev–Trinajstić information content (AvgIpc) is 3.20. The van der Waals surface area contributed by atoms with Gasteiger partial charge in [0.15, 0.2) is 11.0 Å². The molecular weight excluding hydrogens is 320 g/mol. The van der Waals surface area contributed by atoms with Crippen molar-refractivity contribution in [1.29, 1.82) is 0 Å². The van der Waals surface area contributed by atoms with Crippen LogP contribution in [-0.4, -0.2) is 36.9 Å². The number of tetrazole rings is 1. The molecule has 0 aliphatic carbocycles. The molecule has 3 aromatic rings. The number of rotatable bonds is 6. The van der Waals surface area contributed by atoms with Crippen molar-refractivity contribution in [3.8, 4) is 5.69 Å². The van der Waals surface area contributed by atoms with Crippen molar-refractivity contribution in [1.82, 2.24) is 25.2 Å². The van der Waals surface area contributed by atoms with Crippen molar-refractivity contribution in [2.75, 3.05) is 11.1 Å². The number of amides is 1. The second-order valence-electron chi connectivity index (χ2n) is 4.22. The lowest BCUT2D eigenvalue weighted by Crippen LogP contribution is -2.14. The van der Waals surface area contributed by atoms with E-state index in [9.17, 15) is 4.79 Å². The molecule has 1 N–H and O–H groups in total. The smallest absolute Gasteiger partial charge is 0.236 e. The Bertz CT molecular complexity index is 728. The van der Waals surface area contributed by atoms with E-state index in [0.29, 0.717) is 22.5 Å². The maximum atomic E-state index is 11.8. The highest BCUT2D eigenvalue weighted by atomic mass is 32.2. The summed E-state index contributed by atoms with van der Waals surface area (Å²) in [7, 11) is 0. The number of benzene rings is 1. The van der Waals surface area contributed by atoms with Gasteiger partial charge in [0, 0.05) is 11.6 Å². The molecule has 0 radical (unpaired) electrons. The predicted molar refractivity (Wildman–Crippen MR) is 86.1 cm³/mol. The van der Waals surface area contributed by atoms with Crippen LogP contribution >= 0.6 is 23.1 Å². The molecule has 9 heteroatoms. The van der Waals surface area contributed by atoms with Crippen LogP contribution in [0, 0.1) is 0 Å². The Hall–Kier alpha value is -2.26. The van der Waals surface area contributed by atoms with Crippen LogP contribution in [0.1, 0.15) is 5.82 Å². The zero-order chi connectivity index (χ0) is 15.2. The van der Waals surface area contributed by atoms with E-state index in [0.717, 1.165) is 5.69 Å². The van der Waals surface area contributed by atoms with Crippen LogP contribution in [0.15, 0.2) is 41.9 Å². The first-order valence-corrected chi connectivity index (χ1v) is 8.46. The number of nitrogens with zero attached hydrogens (tertiary/aromatic N) is 5. The number of para-hydroxylation sites is 1. The molecule has 0 unspecified atom stereocenters. The first-order chi connectivity index (χ1) is 10.8. The maximum absolute atomic E-state index is 11.8. The van der Waals surface area contributed by atoms with E-state index >= 15 is 0 Å². The lowest BCUT2D eigenvalue weighted by molar-refractivity contribution is -0.113. The maximum Gasteiger partial charge on any atom is 0.236 e. The van der Waals surface area contributed by atoms with Gasteiger partial charge in [-0.25, -0.2) is 4.98 Å². The molecule has 2 aromatic heterocycles. The quantitative estimate of drug-likeness (QED) is 0.743. The Morgan fingerprint density at radius 1 is 1.32 bits per heavy atom. The Labute approximate surface area is 134 Å². The van der Waals surface area contributed by atoms with Gasteiger partial charge in [-0.3, -0.25) is 4.79 Å². The monoisotopic (exact) mass is 332 g/mol. The van der Waals surface area contributed by atoms with Gasteiger partial charge in [-0.15, -0.1) is 28.2 Å². The highest BCUT2D eigenvalue weighted by molar-refractivity contribution is 7.99. The van der Waals surface area contributed by atoms with Gasteiger partial charge in [0.2, 0.25) is 5.91 Å². The van der Waals surface area contributed by atoms with Crippen LogP contribution < -0.4 is 5.32 Å². The highest BCUT2D eigenvalue weighted by Crippen LogP contribution is 2.15. The minimum atomic E-state index is -0.0846. The van der Waals surface area contributed by atoms with Gasteiger partial charge in [-0.05, 0) is 22.6 Å². The number of carbonyl (C=O) groups is 1. The van der Waals surface area contributed by atoms with Gasteiger partial charge < -0.3 is 5.32 Å². The number of aromatic nitrogens is 5. The summed E-state index contributed by atoms with van der Waals surface area (Å²) in [6.07, 6.45) is 1.65. The third-order valence-corrected chi connectivity index (χ3v) is 4.30. The van der Waals surface area contributed by atoms with Gasteiger partial charge in [-0.2, -0.15) is 4.68 Å². The summed E-state index contributed by atoms with van der Waals surface area (Å²) in [6.45, 7) is 0. The molecular formula is C13H12N6OS2. The third kappa shape index (κ3) is 3.68. The van der Waals surface area contributed by atoms with Gasteiger partial charge >= 0.3 is 0 Å². The Balaban J connectivity index is 1.54. The van der Waals surface area contributed by atoms with E-state index in [-0.39, 0.29) is 5.91 Å². The highest BCUT2D eigenvalue weighted by Gasteiger charge is 2.10. The normalized spacial score (nSPS) is 10.5. The van der Waals surface area contributed by atoms with Crippen molar-refractivity contribution >= 4 is 34.1 Å². The van der Waals surface area contributed by atoms with Crippen LogP contribution in [0.5, 0.6) is 0 Å². The zero-order valence-electron chi connectivity index (χ0n) is 11.4. The van der Waals surface area contributed by atoms with E-state index < -0.39 is 0 Å².